The van der Waals surface area contributed by atoms with Gasteiger partial charge in [0.2, 0.25) is 0 Å². The highest BCUT2D eigenvalue weighted by atomic mass is 79.9. The first-order chi connectivity index (χ1) is 8.19. The Hall–Kier alpha value is -0.980. The van der Waals surface area contributed by atoms with E-state index >= 15 is 0 Å². The van der Waals surface area contributed by atoms with Crippen molar-refractivity contribution >= 4 is 27.3 Å². The third-order valence-corrected chi connectivity index (χ3v) is 3.41. The zero-order valence-corrected chi connectivity index (χ0v) is 11.9. The number of nitrogens with zero attached hydrogens (tertiary/aromatic N) is 2. The van der Waals surface area contributed by atoms with E-state index in [2.05, 4.69) is 31.4 Å². The number of aryl methyl sites for hydroxylation is 1. The molecule has 6 heteroatoms. The molecule has 1 heterocycles. The van der Waals surface area contributed by atoms with Gasteiger partial charge in [-0.05, 0) is 37.7 Å². The molecule has 4 nitrogen and oxygen atoms in total. The first-order valence-corrected chi connectivity index (χ1v) is 6.71. The van der Waals surface area contributed by atoms with Crippen molar-refractivity contribution in [3.05, 3.63) is 33.2 Å². The minimum Gasteiger partial charge on any atom is -0.430 e. The number of ether oxygens (including phenoxy) is 1. The lowest BCUT2D eigenvalue weighted by atomic mass is 10.2. The van der Waals surface area contributed by atoms with Crippen molar-refractivity contribution in [3.63, 3.8) is 0 Å². The number of rotatable bonds is 4. The molecule has 17 heavy (non-hydrogen) atoms. The van der Waals surface area contributed by atoms with E-state index in [1.165, 1.54) is 11.3 Å². The average molecular weight is 314 g/mol. The smallest absolute Gasteiger partial charge is 0.299 e. The summed E-state index contributed by atoms with van der Waals surface area (Å²) < 4.78 is 6.72. The van der Waals surface area contributed by atoms with Crippen molar-refractivity contribution in [1.82, 2.24) is 15.5 Å². The van der Waals surface area contributed by atoms with E-state index in [-0.39, 0.29) is 0 Å². The molecular weight excluding hydrogens is 302 g/mol. The first kappa shape index (κ1) is 12.5. The maximum absolute atomic E-state index is 5.69. The molecule has 0 radical (unpaired) electrons. The number of nitrogens with one attached hydrogen (secondary N) is 1. The number of hydrogen-bond donors (Lipinski definition) is 1. The van der Waals surface area contributed by atoms with E-state index in [9.17, 15) is 0 Å². The van der Waals surface area contributed by atoms with Crippen LogP contribution in [0.3, 0.4) is 0 Å². The van der Waals surface area contributed by atoms with Gasteiger partial charge in [-0.2, -0.15) is 0 Å². The topological polar surface area (TPSA) is 47.0 Å². The second-order valence-corrected chi connectivity index (χ2v) is 5.44. The number of benzene rings is 1. The van der Waals surface area contributed by atoms with Crippen molar-refractivity contribution in [2.75, 3.05) is 7.05 Å². The van der Waals surface area contributed by atoms with E-state index in [1.807, 2.05) is 32.2 Å². The van der Waals surface area contributed by atoms with Crippen LogP contribution >= 0.6 is 27.3 Å². The molecule has 0 aliphatic rings. The van der Waals surface area contributed by atoms with Gasteiger partial charge in [0, 0.05) is 11.0 Å². The van der Waals surface area contributed by atoms with Crippen molar-refractivity contribution < 1.29 is 4.74 Å². The zero-order chi connectivity index (χ0) is 12.3. The average Bonchev–Trinajstić information content (AvgIpc) is 2.71. The van der Waals surface area contributed by atoms with Crippen molar-refractivity contribution in [3.8, 4) is 10.9 Å². The third kappa shape index (κ3) is 3.24. The Balaban J connectivity index is 2.13. The fraction of sp³-hybridized carbons (Fsp3) is 0.273. The van der Waals surface area contributed by atoms with E-state index in [4.69, 9.17) is 4.74 Å². The fourth-order valence-electron chi connectivity index (χ4n) is 1.32. The molecule has 0 bridgehead atoms. The van der Waals surface area contributed by atoms with E-state index in [0.29, 0.717) is 11.7 Å². The Bertz CT molecular complexity index is 515. The minimum absolute atomic E-state index is 0.570. The van der Waals surface area contributed by atoms with Crippen LogP contribution in [0.5, 0.6) is 10.9 Å². The Morgan fingerprint density at radius 2 is 2.24 bits per heavy atom. The SMILES string of the molecule is CNCc1nnc(Oc2ccc(Br)cc2C)s1. The van der Waals surface area contributed by atoms with Crippen LogP contribution in [-0.4, -0.2) is 17.2 Å². The van der Waals surface area contributed by atoms with Gasteiger partial charge < -0.3 is 10.1 Å². The molecule has 1 N–H and O–H groups in total. The minimum atomic E-state index is 0.570. The molecule has 0 saturated carbocycles. The second kappa shape index (κ2) is 5.57. The number of halogens is 1. The molecule has 2 rings (SSSR count). The van der Waals surface area contributed by atoms with Crippen LogP contribution in [0.4, 0.5) is 0 Å². The normalized spacial score (nSPS) is 10.5. The van der Waals surface area contributed by atoms with Gasteiger partial charge in [0.15, 0.2) is 0 Å². The van der Waals surface area contributed by atoms with Gasteiger partial charge in [0.05, 0.1) is 0 Å². The van der Waals surface area contributed by atoms with Crippen LogP contribution in [-0.2, 0) is 6.54 Å². The molecule has 0 aliphatic carbocycles. The van der Waals surface area contributed by atoms with Gasteiger partial charge in [-0.3, -0.25) is 0 Å². The quantitative estimate of drug-likeness (QED) is 0.942. The third-order valence-electron chi connectivity index (χ3n) is 2.11. The van der Waals surface area contributed by atoms with E-state index in [0.717, 1.165) is 20.8 Å². The molecule has 0 fully saturated rings. The molecule has 1 aromatic carbocycles. The summed E-state index contributed by atoms with van der Waals surface area (Å²) in [6.07, 6.45) is 0. The van der Waals surface area contributed by atoms with Crippen LogP contribution in [0.15, 0.2) is 22.7 Å². The highest BCUT2D eigenvalue weighted by molar-refractivity contribution is 9.10. The summed E-state index contributed by atoms with van der Waals surface area (Å²) >= 11 is 4.86. The zero-order valence-electron chi connectivity index (χ0n) is 9.53. The maximum atomic E-state index is 5.69. The van der Waals surface area contributed by atoms with Crippen LogP contribution in [0.2, 0.25) is 0 Å². The Morgan fingerprint density at radius 1 is 1.41 bits per heavy atom. The number of aromatic nitrogens is 2. The van der Waals surface area contributed by atoms with Gasteiger partial charge in [-0.15, -0.1) is 5.10 Å². The lowest BCUT2D eigenvalue weighted by molar-refractivity contribution is 0.469. The lowest BCUT2D eigenvalue weighted by Crippen LogP contribution is -2.04. The predicted molar refractivity (Wildman–Crippen MR) is 71.6 cm³/mol. The van der Waals surface area contributed by atoms with Crippen LogP contribution in [0.1, 0.15) is 10.6 Å². The van der Waals surface area contributed by atoms with Gasteiger partial charge in [-0.25, -0.2) is 0 Å². The fourth-order valence-corrected chi connectivity index (χ4v) is 2.51. The molecule has 1 aromatic heterocycles. The summed E-state index contributed by atoms with van der Waals surface area (Å²) in [5.74, 6) is 0.806. The standard InChI is InChI=1S/C11H12BrN3OS/c1-7-5-8(12)3-4-9(7)16-11-15-14-10(17-11)6-13-2/h3-5,13H,6H2,1-2H3. The molecule has 0 spiro atoms. The van der Waals surface area contributed by atoms with Crippen molar-refractivity contribution in [2.45, 2.75) is 13.5 Å². The summed E-state index contributed by atoms with van der Waals surface area (Å²) in [6, 6.07) is 5.86. The summed E-state index contributed by atoms with van der Waals surface area (Å²) in [5.41, 5.74) is 1.06. The summed E-state index contributed by atoms with van der Waals surface area (Å²) in [7, 11) is 1.88. The van der Waals surface area contributed by atoms with Gasteiger partial charge in [0.25, 0.3) is 5.19 Å². The van der Waals surface area contributed by atoms with E-state index in [1.54, 1.807) is 0 Å². The molecular formula is C11H12BrN3OS. The second-order valence-electron chi connectivity index (χ2n) is 3.50. The summed E-state index contributed by atoms with van der Waals surface area (Å²) in [4.78, 5) is 0. The summed E-state index contributed by atoms with van der Waals surface area (Å²) in [5, 5.41) is 12.5. The van der Waals surface area contributed by atoms with E-state index < -0.39 is 0 Å². The lowest BCUT2D eigenvalue weighted by Gasteiger charge is -2.04. The highest BCUT2D eigenvalue weighted by Crippen LogP contribution is 2.29. The van der Waals surface area contributed by atoms with Crippen LogP contribution in [0, 0.1) is 6.92 Å². The molecule has 2 aromatic rings. The molecule has 0 aliphatic heterocycles. The van der Waals surface area contributed by atoms with Gasteiger partial charge >= 0.3 is 0 Å². The number of hydrogen-bond acceptors (Lipinski definition) is 5. The predicted octanol–water partition coefficient (Wildman–Crippen LogP) is 3.12. The largest absolute Gasteiger partial charge is 0.430 e. The summed E-state index contributed by atoms with van der Waals surface area (Å²) in [6.45, 7) is 2.70. The van der Waals surface area contributed by atoms with Gasteiger partial charge in [-0.1, -0.05) is 32.4 Å². The Kier molecular flexibility index (Phi) is 4.09. The molecule has 0 unspecified atom stereocenters. The molecule has 90 valence electrons. The Labute approximate surface area is 112 Å². The highest BCUT2D eigenvalue weighted by Gasteiger charge is 2.07. The Morgan fingerprint density at radius 3 is 2.94 bits per heavy atom. The first-order valence-electron chi connectivity index (χ1n) is 5.10. The van der Waals surface area contributed by atoms with Gasteiger partial charge in [0.1, 0.15) is 10.8 Å². The van der Waals surface area contributed by atoms with Crippen LogP contribution < -0.4 is 10.1 Å². The molecule has 0 atom stereocenters. The van der Waals surface area contributed by atoms with Crippen LogP contribution in [0.25, 0.3) is 0 Å². The monoisotopic (exact) mass is 313 g/mol. The van der Waals surface area contributed by atoms with Crippen molar-refractivity contribution in [2.24, 2.45) is 0 Å². The van der Waals surface area contributed by atoms with Crippen molar-refractivity contribution in [1.29, 1.82) is 0 Å². The maximum Gasteiger partial charge on any atom is 0.299 e. The molecule has 0 amide bonds. The molecule has 0 saturated heterocycles.